The molecule has 0 spiro atoms. The van der Waals surface area contributed by atoms with Gasteiger partial charge in [-0.1, -0.05) is 18.6 Å². The molecule has 0 saturated carbocycles. The smallest absolute Gasteiger partial charge is 0.306 e. The summed E-state index contributed by atoms with van der Waals surface area (Å²) in [5, 5.41) is 0. The Labute approximate surface area is 174 Å². The molecule has 7 nitrogen and oxygen atoms in total. The van der Waals surface area contributed by atoms with E-state index >= 15 is 0 Å². The minimum Gasteiger partial charge on any atom is -0.457 e. The fourth-order valence-corrected chi connectivity index (χ4v) is 4.19. The highest BCUT2D eigenvalue weighted by Crippen LogP contribution is 2.22. The number of carbonyl (C=O) groups excluding carboxylic acids is 2. The average Bonchev–Trinajstić information content (AvgIpc) is 3.00. The monoisotopic (exact) mass is 432 g/mol. The van der Waals surface area contributed by atoms with Gasteiger partial charge in [0.05, 0.1) is 4.90 Å². The van der Waals surface area contributed by atoms with Gasteiger partial charge in [0.25, 0.3) is 10.0 Å². The molecule has 1 aliphatic heterocycles. The van der Waals surface area contributed by atoms with Crippen LogP contribution in [0.1, 0.15) is 41.6 Å². The molecule has 9 heteroatoms. The summed E-state index contributed by atoms with van der Waals surface area (Å²) in [7, 11) is -3.54. The van der Waals surface area contributed by atoms with E-state index in [0.717, 1.165) is 0 Å². The summed E-state index contributed by atoms with van der Waals surface area (Å²) >= 11 is 0. The van der Waals surface area contributed by atoms with E-state index in [1.807, 2.05) is 0 Å². The van der Waals surface area contributed by atoms with Gasteiger partial charge in [0.15, 0.2) is 12.4 Å². The number of ether oxygens (including phenoxy) is 1. The number of benzene rings is 2. The van der Waals surface area contributed by atoms with Crippen molar-refractivity contribution in [3.05, 3.63) is 65.5 Å². The van der Waals surface area contributed by atoms with Crippen molar-refractivity contribution in [2.45, 2.75) is 30.6 Å². The Balaban J connectivity index is 1.35. The Morgan fingerprint density at radius 1 is 1.00 bits per heavy atom. The first-order valence-electron chi connectivity index (χ1n) is 9.48. The van der Waals surface area contributed by atoms with Gasteiger partial charge >= 0.3 is 5.97 Å². The number of hydrogen-bond donors (Lipinski definition) is 1. The summed E-state index contributed by atoms with van der Waals surface area (Å²) in [6.07, 6.45) is 2.11. The molecule has 1 aliphatic rings. The predicted molar refractivity (Wildman–Crippen MR) is 108 cm³/mol. The van der Waals surface area contributed by atoms with Gasteiger partial charge in [0.1, 0.15) is 11.7 Å². The van der Waals surface area contributed by atoms with Crippen LogP contribution in [0.15, 0.2) is 58.4 Å². The summed E-state index contributed by atoms with van der Waals surface area (Å²) < 4.78 is 44.2. The first-order valence-corrected chi connectivity index (χ1v) is 11.0. The number of unbranched alkanes of at least 4 members (excludes halogenated alkanes) is 2. The van der Waals surface area contributed by atoms with Gasteiger partial charge < -0.3 is 4.74 Å². The van der Waals surface area contributed by atoms with Crippen LogP contribution in [-0.4, -0.2) is 39.2 Å². The molecule has 0 unspecified atom stereocenters. The summed E-state index contributed by atoms with van der Waals surface area (Å²) in [5.41, 5.74) is 0.847. The van der Waals surface area contributed by atoms with Crippen LogP contribution >= 0.6 is 0 Å². The first-order chi connectivity index (χ1) is 14.4. The lowest BCUT2D eigenvalue weighted by Crippen LogP contribution is -2.22. The zero-order chi connectivity index (χ0) is 21.6. The normalized spacial score (nSPS) is 15.4. The number of sulfonamides is 1. The lowest BCUT2D eigenvalue weighted by atomic mass is 10.1. The highest BCUT2D eigenvalue weighted by Gasteiger charge is 2.29. The SMILES string of the molecule is O=C(CCCCCN=C1NS(=O)(=O)c2ccccc21)OCC(=O)c1ccc(F)cc1. The number of hydrogen-bond acceptors (Lipinski definition) is 6. The van der Waals surface area contributed by atoms with Gasteiger partial charge in [-0.05, 0) is 49.2 Å². The number of rotatable bonds is 9. The fourth-order valence-electron chi connectivity index (χ4n) is 2.94. The number of nitrogens with one attached hydrogen (secondary N) is 1. The van der Waals surface area contributed by atoms with Crippen LogP contribution in [0, 0.1) is 5.82 Å². The largest absolute Gasteiger partial charge is 0.457 e. The highest BCUT2D eigenvalue weighted by atomic mass is 32.2. The second-order valence-corrected chi connectivity index (χ2v) is 8.38. The molecule has 0 atom stereocenters. The maximum Gasteiger partial charge on any atom is 0.306 e. The zero-order valence-corrected chi connectivity index (χ0v) is 17.0. The molecule has 0 fully saturated rings. The van der Waals surface area contributed by atoms with Gasteiger partial charge in [-0.25, -0.2) is 12.8 Å². The lowest BCUT2D eigenvalue weighted by Gasteiger charge is -2.04. The minimum atomic E-state index is -3.54. The van der Waals surface area contributed by atoms with E-state index in [4.69, 9.17) is 4.74 Å². The van der Waals surface area contributed by atoms with Crippen molar-refractivity contribution in [2.75, 3.05) is 13.2 Å². The topological polar surface area (TPSA) is 102 Å². The second kappa shape index (κ2) is 9.62. The van der Waals surface area contributed by atoms with Crippen LogP contribution in [0.5, 0.6) is 0 Å². The molecule has 0 aromatic heterocycles. The molecule has 0 amide bonds. The van der Waals surface area contributed by atoms with Gasteiger partial charge in [-0.15, -0.1) is 0 Å². The Morgan fingerprint density at radius 3 is 2.50 bits per heavy atom. The second-order valence-electron chi connectivity index (χ2n) is 6.73. The van der Waals surface area contributed by atoms with Crippen molar-refractivity contribution in [2.24, 2.45) is 4.99 Å². The fraction of sp³-hybridized carbons (Fsp3) is 0.286. The average molecular weight is 432 g/mol. The van der Waals surface area contributed by atoms with E-state index in [1.165, 1.54) is 30.3 Å². The molecule has 0 bridgehead atoms. The van der Waals surface area contributed by atoms with Crippen LogP contribution < -0.4 is 4.72 Å². The molecule has 3 rings (SSSR count). The molecule has 1 heterocycles. The van der Waals surface area contributed by atoms with Gasteiger partial charge in [0.2, 0.25) is 0 Å². The van der Waals surface area contributed by atoms with Crippen LogP contribution in [0.3, 0.4) is 0 Å². The third-order valence-corrected chi connectivity index (χ3v) is 5.90. The molecular weight excluding hydrogens is 411 g/mol. The molecule has 2 aromatic carbocycles. The van der Waals surface area contributed by atoms with Gasteiger partial charge in [-0.3, -0.25) is 19.3 Å². The zero-order valence-electron chi connectivity index (χ0n) is 16.1. The number of fused-ring (bicyclic) bond motifs is 1. The molecule has 158 valence electrons. The van der Waals surface area contributed by atoms with Crippen molar-refractivity contribution in [1.82, 2.24) is 4.72 Å². The number of carbonyl (C=O) groups is 2. The number of esters is 1. The Morgan fingerprint density at radius 2 is 1.73 bits per heavy atom. The quantitative estimate of drug-likeness (QED) is 0.373. The maximum absolute atomic E-state index is 12.8. The summed E-state index contributed by atoms with van der Waals surface area (Å²) in [5.74, 6) is -0.972. The van der Waals surface area contributed by atoms with Gasteiger partial charge in [0, 0.05) is 24.1 Å². The third-order valence-electron chi connectivity index (χ3n) is 4.50. The van der Waals surface area contributed by atoms with Gasteiger partial charge in [-0.2, -0.15) is 0 Å². The van der Waals surface area contributed by atoms with Crippen molar-refractivity contribution < 1.29 is 27.1 Å². The Kier molecular flexibility index (Phi) is 6.94. The van der Waals surface area contributed by atoms with Crippen molar-refractivity contribution >= 4 is 27.6 Å². The lowest BCUT2D eigenvalue weighted by molar-refractivity contribution is -0.142. The molecule has 1 N–H and O–H groups in total. The number of aliphatic imine (C=N–C) groups is 1. The van der Waals surface area contributed by atoms with Crippen molar-refractivity contribution in [1.29, 1.82) is 0 Å². The number of Topliss-reactive ketones (excluding diaryl/α,β-unsaturated/α-hetero) is 1. The number of amidine groups is 1. The van der Waals surface area contributed by atoms with E-state index in [0.29, 0.717) is 37.2 Å². The highest BCUT2D eigenvalue weighted by molar-refractivity contribution is 7.90. The van der Waals surface area contributed by atoms with Crippen molar-refractivity contribution in [3.63, 3.8) is 0 Å². The number of halogens is 1. The van der Waals surface area contributed by atoms with E-state index in [9.17, 15) is 22.4 Å². The van der Waals surface area contributed by atoms with E-state index < -0.39 is 27.6 Å². The third kappa shape index (κ3) is 5.50. The summed E-state index contributed by atoms with van der Waals surface area (Å²) in [6.45, 7) is 0.0436. The Hall–Kier alpha value is -3.07. The molecule has 2 aromatic rings. The predicted octanol–water partition coefficient (Wildman–Crippen LogP) is 2.85. The summed E-state index contributed by atoms with van der Waals surface area (Å²) in [6, 6.07) is 11.7. The molecular formula is C21H21FN2O5S. The number of nitrogens with zero attached hydrogens (tertiary/aromatic N) is 1. The van der Waals surface area contributed by atoms with Crippen LogP contribution in [0.25, 0.3) is 0 Å². The maximum atomic E-state index is 12.8. The molecule has 0 saturated heterocycles. The van der Waals surface area contributed by atoms with E-state index in [2.05, 4.69) is 9.71 Å². The molecule has 30 heavy (non-hydrogen) atoms. The van der Waals surface area contributed by atoms with Crippen LogP contribution in [0.2, 0.25) is 0 Å². The van der Waals surface area contributed by atoms with E-state index in [1.54, 1.807) is 18.2 Å². The first kappa shape index (κ1) is 21.6. The van der Waals surface area contributed by atoms with E-state index in [-0.39, 0.29) is 23.5 Å². The van der Waals surface area contributed by atoms with Crippen LogP contribution in [0.4, 0.5) is 4.39 Å². The van der Waals surface area contributed by atoms with Crippen molar-refractivity contribution in [3.8, 4) is 0 Å². The molecule has 0 aliphatic carbocycles. The minimum absolute atomic E-state index is 0.169. The molecule has 0 radical (unpaired) electrons. The standard InChI is InChI=1S/C21H21FN2O5S/c22-16-11-9-15(10-12-16)18(25)14-29-20(26)8-2-1-5-13-23-21-17-6-3-4-7-19(17)30(27,28)24-21/h3-4,6-7,9-12H,1-2,5,8,13-14H2,(H,23,24). The van der Waals surface area contributed by atoms with Crippen LogP contribution in [-0.2, 0) is 19.6 Å². The number of ketones is 1. The Bertz CT molecular complexity index is 1070. The summed E-state index contributed by atoms with van der Waals surface area (Å²) in [4.78, 5) is 28.2.